The minimum Gasteiger partial charge on any atom is -0.380 e. The van der Waals surface area contributed by atoms with Crippen LogP contribution in [0.25, 0.3) is 11.3 Å². The lowest BCUT2D eigenvalue weighted by molar-refractivity contribution is -0.118. The molecule has 6 nitrogen and oxygen atoms in total. The fourth-order valence-corrected chi connectivity index (χ4v) is 1.83. The number of imidazole rings is 1. The standard InChI is InChI=1S/C14H18N4O2/c1-20-12(7-15)6-14(19)18-11-4-2-10(3-5-11)13-8-16-9-17-13/h2-5,8-9,12H,6-7,15H2,1H3,(H,16,17)(H,18,19). The molecule has 1 aromatic carbocycles. The average molecular weight is 274 g/mol. The first-order valence-corrected chi connectivity index (χ1v) is 6.34. The molecular formula is C14H18N4O2. The van der Waals surface area contributed by atoms with Gasteiger partial charge in [-0.3, -0.25) is 4.79 Å². The smallest absolute Gasteiger partial charge is 0.227 e. The van der Waals surface area contributed by atoms with Crippen molar-refractivity contribution in [2.75, 3.05) is 19.0 Å². The minimum atomic E-state index is -0.251. The molecule has 0 bridgehead atoms. The molecule has 0 saturated carbocycles. The molecule has 0 fully saturated rings. The van der Waals surface area contributed by atoms with Crippen LogP contribution < -0.4 is 11.1 Å². The number of nitrogens with two attached hydrogens (primary N) is 1. The van der Waals surface area contributed by atoms with Crippen LogP contribution in [0, 0.1) is 0 Å². The van der Waals surface area contributed by atoms with Crippen molar-refractivity contribution in [2.45, 2.75) is 12.5 Å². The normalized spacial score (nSPS) is 12.1. The van der Waals surface area contributed by atoms with Crippen LogP contribution in [-0.2, 0) is 9.53 Å². The third-order valence-electron chi connectivity index (χ3n) is 2.99. The van der Waals surface area contributed by atoms with Crippen LogP contribution in [0.3, 0.4) is 0 Å². The molecule has 2 aromatic rings. The molecule has 4 N–H and O–H groups in total. The number of carbonyl (C=O) groups excluding carboxylic acids is 1. The number of nitrogens with zero attached hydrogens (tertiary/aromatic N) is 1. The Labute approximate surface area is 117 Å². The predicted octanol–water partition coefficient (Wildman–Crippen LogP) is 1.38. The van der Waals surface area contributed by atoms with Crippen LogP contribution in [0.2, 0.25) is 0 Å². The zero-order chi connectivity index (χ0) is 14.4. The maximum absolute atomic E-state index is 11.8. The summed E-state index contributed by atoms with van der Waals surface area (Å²) in [6, 6.07) is 7.52. The van der Waals surface area contributed by atoms with E-state index in [1.165, 1.54) is 0 Å². The van der Waals surface area contributed by atoms with Crippen molar-refractivity contribution in [1.82, 2.24) is 9.97 Å². The number of amides is 1. The second kappa shape index (κ2) is 6.83. The first kappa shape index (κ1) is 14.2. The lowest BCUT2D eigenvalue weighted by atomic mass is 10.1. The molecule has 106 valence electrons. The molecule has 1 unspecified atom stereocenters. The highest BCUT2D eigenvalue weighted by Gasteiger charge is 2.11. The topological polar surface area (TPSA) is 93.0 Å². The number of carbonyl (C=O) groups is 1. The molecule has 0 saturated heterocycles. The van der Waals surface area contributed by atoms with E-state index in [4.69, 9.17) is 10.5 Å². The molecule has 0 spiro atoms. The van der Waals surface area contributed by atoms with Crippen LogP contribution in [-0.4, -0.2) is 35.6 Å². The Morgan fingerprint density at radius 2 is 2.20 bits per heavy atom. The molecule has 0 aliphatic carbocycles. The van der Waals surface area contributed by atoms with Gasteiger partial charge in [-0.15, -0.1) is 0 Å². The third-order valence-corrected chi connectivity index (χ3v) is 2.99. The fourth-order valence-electron chi connectivity index (χ4n) is 1.83. The number of aromatic nitrogens is 2. The summed E-state index contributed by atoms with van der Waals surface area (Å²) in [6.45, 7) is 0.322. The monoisotopic (exact) mass is 274 g/mol. The Kier molecular flexibility index (Phi) is 4.86. The third kappa shape index (κ3) is 3.66. The number of nitrogens with one attached hydrogen (secondary N) is 2. The fraction of sp³-hybridized carbons (Fsp3) is 0.286. The Morgan fingerprint density at radius 3 is 2.75 bits per heavy atom. The lowest BCUT2D eigenvalue weighted by Crippen LogP contribution is -2.28. The van der Waals surface area contributed by atoms with E-state index < -0.39 is 0 Å². The van der Waals surface area contributed by atoms with Gasteiger partial charge in [-0.25, -0.2) is 4.98 Å². The zero-order valence-corrected chi connectivity index (χ0v) is 11.3. The Morgan fingerprint density at radius 1 is 1.45 bits per heavy atom. The van der Waals surface area contributed by atoms with Crippen molar-refractivity contribution < 1.29 is 9.53 Å². The van der Waals surface area contributed by atoms with Gasteiger partial charge >= 0.3 is 0 Å². The summed E-state index contributed by atoms with van der Waals surface area (Å²) in [4.78, 5) is 18.8. The van der Waals surface area contributed by atoms with E-state index in [9.17, 15) is 4.79 Å². The maximum atomic E-state index is 11.8. The second-order valence-electron chi connectivity index (χ2n) is 4.39. The van der Waals surface area contributed by atoms with Gasteiger partial charge in [0, 0.05) is 19.3 Å². The molecule has 20 heavy (non-hydrogen) atoms. The maximum Gasteiger partial charge on any atom is 0.227 e. The van der Waals surface area contributed by atoms with Crippen molar-refractivity contribution in [3.8, 4) is 11.3 Å². The first-order chi connectivity index (χ1) is 9.72. The predicted molar refractivity (Wildman–Crippen MR) is 77.1 cm³/mol. The highest BCUT2D eigenvalue weighted by Crippen LogP contribution is 2.18. The van der Waals surface area contributed by atoms with Gasteiger partial charge in [0.15, 0.2) is 0 Å². The summed E-state index contributed by atoms with van der Waals surface area (Å²) in [7, 11) is 1.55. The molecule has 1 amide bonds. The summed E-state index contributed by atoms with van der Waals surface area (Å²) >= 11 is 0. The van der Waals surface area contributed by atoms with Gasteiger partial charge in [-0.1, -0.05) is 12.1 Å². The van der Waals surface area contributed by atoms with Crippen LogP contribution in [0.4, 0.5) is 5.69 Å². The van der Waals surface area contributed by atoms with Crippen LogP contribution in [0.1, 0.15) is 6.42 Å². The lowest BCUT2D eigenvalue weighted by Gasteiger charge is -2.12. The summed E-state index contributed by atoms with van der Waals surface area (Å²) in [5.74, 6) is -0.114. The SMILES string of the molecule is COC(CN)CC(=O)Nc1ccc(-c2cnc[nH]2)cc1. The van der Waals surface area contributed by atoms with E-state index in [1.54, 1.807) is 19.6 Å². The highest BCUT2D eigenvalue weighted by molar-refractivity contribution is 5.91. The summed E-state index contributed by atoms with van der Waals surface area (Å²) in [5, 5.41) is 2.81. The minimum absolute atomic E-state index is 0.114. The van der Waals surface area contributed by atoms with Crippen molar-refractivity contribution in [2.24, 2.45) is 5.73 Å². The Balaban J connectivity index is 1.95. The van der Waals surface area contributed by atoms with Crippen molar-refractivity contribution in [3.63, 3.8) is 0 Å². The molecule has 1 atom stereocenters. The van der Waals surface area contributed by atoms with Gasteiger partial charge < -0.3 is 20.8 Å². The summed E-state index contributed by atoms with van der Waals surface area (Å²) in [5.41, 5.74) is 8.17. The molecular weight excluding hydrogens is 256 g/mol. The number of H-pyrrole nitrogens is 1. The van der Waals surface area contributed by atoms with E-state index in [0.717, 1.165) is 16.9 Å². The molecule has 0 radical (unpaired) electrons. The van der Waals surface area contributed by atoms with Crippen LogP contribution >= 0.6 is 0 Å². The molecule has 0 aliphatic heterocycles. The van der Waals surface area contributed by atoms with Gasteiger partial charge in [0.25, 0.3) is 0 Å². The van der Waals surface area contributed by atoms with Gasteiger partial charge in [0.05, 0.1) is 30.7 Å². The van der Waals surface area contributed by atoms with Crippen LogP contribution in [0.5, 0.6) is 0 Å². The number of benzene rings is 1. The number of hydrogen-bond donors (Lipinski definition) is 3. The number of hydrogen-bond acceptors (Lipinski definition) is 4. The average Bonchev–Trinajstić information content (AvgIpc) is 2.99. The number of aromatic amines is 1. The van der Waals surface area contributed by atoms with E-state index in [1.807, 2.05) is 24.3 Å². The first-order valence-electron chi connectivity index (χ1n) is 6.34. The van der Waals surface area contributed by atoms with Gasteiger partial charge in [-0.2, -0.15) is 0 Å². The number of ether oxygens (including phenoxy) is 1. The van der Waals surface area contributed by atoms with Crippen molar-refractivity contribution in [3.05, 3.63) is 36.8 Å². The molecule has 1 aromatic heterocycles. The van der Waals surface area contributed by atoms with Gasteiger partial charge in [0.2, 0.25) is 5.91 Å². The largest absolute Gasteiger partial charge is 0.380 e. The molecule has 6 heteroatoms. The molecule has 2 rings (SSSR count). The number of rotatable bonds is 6. The highest BCUT2D eigenvalue weighted by atomic mass is 16.5. The number of methoxy groups -OCH3 is 1. The molecule has 1 heterocycles. The number of anilines is 1. The quantitative estimate of drug-likeness (QED) is 0.742. The van der Waals surface area contributed by atoms with E-state index >= 15 is 0 Å². The van der Waals surface area contributed by atoms with Gasteiger partial charge in [0.1, 0.15) is 0 Å². The van der Waals surface area contributed by atoms with Crippen LogP contribution in [0.15, 0.2) is 36.8 Å². The van der Waals surface area contributed by atoms with Crippen molar-refractivity contribution in [1.29, 1.82) is 0 Å². The van der Waals surface area contributed by atoms with E-state index in [0.29, 0.717) is 6.54 Å². The van der Waals surface area contributed by atoms with E-state index in [2.05, 4.69) is 15.3 Å². The summed E-state index contributed by atoms with van der Waals surface area (Å²) in [6.07, 6.45) is 3.37. The van der Waals surface area contributed by atoms with Gasteiger partial charge in [-0.05, 0) is 17.7 Å². The van der Waals surface area contributed by atoms with Crippen molar-refractivity contribution >= 4 is 11.6 Å². The van der Waals surface area contributed by atoms with E-state index in [-0.39, 0.29) is 18.4 Å². The summed E-state index contributed by atoms with van der Waals surface area (Å²) < 4.78 is 5.08. The second-order valence-corrected chi connectivity index (χ2v) is 4.39. The molecule has 0 aliphatic rings. The zero-order valence-electron chi connectivity index (χ0n) is 11.3. The Bertz CT molecular complexity index is 533. The Hall–Kier alpha value is -2.18.